The number of benzene rings is 1. The second kappa shape index (κ2) is 8.44. The first-order chi connectivity index (χ1) is 11.4. The Morgan fingerprint density at radius 2 is 2.08 bits per heavy atom. The third-order valence-corrected chi connectivity index (χ3v) is 4.55. The monoisotopic (exact) mass is 337 g/mol. The van der Waals surface area contributed by atoms with E-state index in [1.54, 1.807) is 24.0 Å². The van der Waals surface area contributed by atoms with Gasteiger partial charge in [-0.05, 0) is 57.5 Å². The molecule has 1 aliphatic heterocycles. The summed E-state index contributed by atoms with van der Waals surface area (Å²) in [5.74, 6) is 0.0544. The molecule has 1 unspecified atom stereocenters. The molecule has 1 saturated heterocycles. The molecule has 1 aliphatic rings. The van der Waals surface area contributed by atoms with Gasteiger partial charge in [-0.25, -0.2) is 9.18 Å². The minimum atomic E-state index is -0.315. The van der Waals surface area contributed by atoms with Crippen molar-refractivity contribution in [3.8, 4) is 0 Å². The molecule has 0 aromatic heterocycles. The van der Waals surface area contributed by atoms with Crippen LogP contribution >= 0.6 is 0 Å². The Balaban J connectivity index is 1.86. The fourth-order valence-corrected chi connectivity index (χ4v) is 3.07. The zero-order chi connectivity index (χ0) is 17.7. The summed E-state index contributed by atoms with van der Waals surface area (Å²) < 4.78 is 13.8. The normalized spacial score (nSPS) is 17.2. The maximum atomic E-state index is 13.8. The van der Waals surface area contributed by atoms with Gasteiger partial charge in [-0.15, -0.1) is 0 Å². The van der Waals surface area contributed by atoms with Crippen LogP contribution in [-0.4, -0.2) is 54.2 Å². The van der Waals surface area contributed by atoms with Crippen molar-refractivity contribution in [1.29, 1.82) is 0 Å². The first-order valence-corrected chi connectivity index (χ1v) is 8.49. The molecule has 2 rings (SSSR count). The van der Waals surface area contributed by atoms with Gasteiger partial charge in [0.2, 0.25) is 0 Å². The summed E-state index contributed by atoms with van der Waals surface area (Å²) in [5.41, 5.74) is 1.52. The molecule has 0 radical (unpaired) electrons. The van der Waals surface area contributed by atoms with Crippen molar-refractivity contribution < 1.29 is 14.3 Å². The van der Waals surface area contributed by atoms with Crippen molar-refractivity contribution in [2.45, 2.75) is 39.0 Å². The molecular weight excluding hydrogens is 309 g/mol. The molecule has 2 amide bonds. The summed E-state index contributed by atoms with van der Waals surface area (Å²) in [6.07, 6.45) is 1.34. The lowest BCUT2D eigenvalue weighted by molar-refractivity contribution is 0.0798. The first-order valence-electron chi connectivity index (χ1n) is 8.49. The Labute approximate surface area is 143 Å². The third kappa shape index (κ3) is 5.18. The number of halogens is 1. The van der Waals surface area contributed by atoms with Crippen molar-refractivity contribution in [2.75, 3.05) is 27.2 Å². The smallest absolute Gasteiger partial charge is 0.317 e. The van der Waals surface area contributed by atoms with Gasteiger partial charge in [-0.1, -0.05) is 6.07 Å². The number of urea groups is 1. The van der Waals surface area contributed by atoms with E-state index in [9.17, 15) is 14.3 Å². The predicted octanol–water partition coefficient (Wildman–Crippen LogP) is 2.19. The lowest BCUT2D eigenvalue weighted by Crippen LogP contribution is -2.45. The molecule has 1 atom stereocenters. The molecule has 0 bridgehead atoms. The summed E-state index contributed by atoms with van der Waals surface area (Å²) in [5, 5.41) is 12.5. The van der Waals surface area contributed by atoms with Crippen molar-refractivity contribution in [2.24, 2.45) is 5.92 Å². The molecule has 6 heteroatoms. The average Bonchev–Trinajstić information content (AvgIpc) is 2.55. The number of hydrogen-bond acceptors (Lipinski definition) is 3. The molecular formula is C18H28FN3O2. The van der Waals surface area contributed by atoms with E-state index >= 15 is 0 Å². The van der Waals surface area contributed by atoms with E-state index in [2.05, 4.69) is 5.32 Å². The van der Waals surface area contributed by atoms with E-state index < -0.39 is 0 Å². The number of likely N-dealkylation sites (tertiary alicyclic amines) is 1. The molecule has 2 N–H and O–H groups in total. The molecule has 1 heterocycles. The Hall–Kier alpha value is -1.66. The van der Waals surface area contributed by atoms with Crippen LogP contribution in [0.2, 0.25) is 0 Å². The van der Waals surface area contributed by atoms with Crippen molar-refractivity contribution >= 4 is 6.03 Å². The highest BCUT2D eigenvalue weighted by Crippen LogP contribution is 2.20. The lowest BCUT2D eigenvalue weighted by atomic mass is 9.92. The lowest BCUT2D eigenvalue weighted by Gasteiger charge is -2.33. The van der Waals surface area contributed by atoms with E-state index in [0.29, 0.717) is 31.7 Å². The molecule has 0 aliphatic carbocycles. The maximum Gasteiger partial charge on any atom is 0.317 e. The summed E-state index contributed by atoms with van der Waals surface area (Å²) in [7, 11) is 3.79. The molecule has 134 valence electrons. The zero-order valence-corrected chi connectivity index (χ0v) is 14.8. The van der Waals surface area contributed by atoms with Crippen LogP contribution in [0.5, 0.6) is 0 Å². The number of amides is 2. The van der Waals surface area contributed by atoms with Gasteiger partial charge in [0.25, 0.3) is 0 Å². The number of carbonyl (C=O) groups excluding carboxylic acids is 1. The first kappa shape index (κ1) is 18.7. The predicted molar refractivity (Wildman–Crippen MR) is 92.0 cm³/mol. The van der Waals surface area contributed by atoms with Gasteiger partial charge < -0.3 is 20.2 Å². The number of aliphatic hydroxyl groups excluding tert-OH is 1. The number of hydrogen-bond donors (Lipinski definition) is 2. The highest BCUT2D eigenvalue weighted by molar-refractivity contribution is 5.74. The Kier molecular flexibility index (Phi) is 6.57. The number of aliphatic hydroxyl groups is 1. The van der Waals surface area contributed by atoms with Gasteiger partial charge >= 0.3 is 6.03 Å². The molecule has 0 spiro atoms. The van der Waals surface area contributed by atoms with Crippen LogP contribution in [0.25, 0.3) is 0 Å². The second-order valence-corrected chi connectivity index (χ2v) is 6.89. The Bertz CT molecular complexity index is 555. The molecule has 1 fully saturated rings. The van der Waals surface area contributed by atoms with Crippen molar-refractivity contribution in [3.05, 3.63) is 35.1 Å². The van der Waals surface area contributed by atoms with Crippen molar-refractivity contribution in [1.82, 2.24) is 15.1 Å². The van der Waals surface area contributed by atoms with Crippen molar-refractivity contribution in [3.63, 3.8) is 0 Å². The fourth-order valence-electron chi connectivity index (χ4n) is 3.07. The van der Waals surface area contributed by atoms with E-state index in [1.165, 1.54) is 6.07 Å². The standard InChI is InChI=1S/C18H28FN3O2/c1-13(23)15-6-8-22(9-7-15)18(24)20-11-14-4-5-17(19)16(10-14)12-21(2)3/h4-5,10,13,15,23H,6-9,11-12H2,1-3H3,(H,20,24). The summed E-state index contributed by atoms with van der Waals surface area (Å²) in [6.45, 7) is 4.05. The topological polar surface area (TPSA) is 55.8 Å². The highest BCUT2D eigenvalue weighted by Gasteiger charge is 2.25. The number of piperidine rings is 1. The van der Waals surface area contributed by atoms with Crippen LogP contribution in [0.4, 0.5) is 9.18 Å². The summed E-state index contributed by atoms with van der Waals surface area (Å²) in [6, 6.07) is 4.86. The van der Waals surface area contributed by atoms with Gasteiger partial charge in [-0.2, -0.15) is 0 Å². The number of nitrogens with one attached hydrogen (secondary N) is 1. The molecule has 1 aromatic rings. The van der Waals surface area contributed by atoms with Crippen LogP contribution < -0.4 is 5.32 Å². The van der Waals surface area contributed by atoms with Gasteiger partial charge in [-0.3, -0.25) is 0 Å². The number of carbonyl (C=O) groups is 1. The fraction of sp³-hybridized carbons (Fsp3) is 0.611. The van der Waals surface area contributed by atoms with Crippen LogP contribution in [0.3, 0.4) is 0 Å². The molecule has 24 heavy (non-hydrogen) atoms. The summed E-state index contributed by atoms with van der Waals surface area (Å²) >= 11 is 0. The zero-order valence-electron chi connectivity index (χ0n) is 14.8. The molecule has 1 aromatic carbocycles. The van der Waals surface area contributed by atoms with E-state index in [4.69, 9.17) is 0 Å². The van der Waals surface area contributed by atoms with Gasteiger partial charge in [0.15, 0.2) is 0 Å². The van der Waals surface area contributed by atoms with Gasteiger partial charge in [0.1, 0.15) is 5.82 Å². The Morgan fingerprint density at radius 3 is 2.67 bits per heavy atom. The highest BCUT2D eigenvalue weighted by atomic mass is 19.1. The Morgan fingerprint density at radius 1 is 1.42 bits per heavy atom. The SMILES string of the molecule is CC(O)C1CCN(C(=O)NCc2ccc(F)c(CN(C)C)c2)CC1. The van der Waals surface area contributed by atoms with Crippen LogP contribution in [0.1, 0.15) is 30.9 Å². The quantitative estimate of drug-likeness (QED) is 0.866. The second-order valence-electron chi connectivity index (χ2n) is 6.89. The van der Waals surface area contributed by atoms with Crippen LogP contribution in [0.15, 0.2) is 18.2 Å². The van der Waals surface area contributed by atoms with Crippen LogP contribution in [-0.2, 0) is 13.1 Å². The van der Waals surface area contributed by atoms with E-state index in [-0.39, 0.29) is 23.9 Å². The van der Waals surface area contributed by atoms with E-state index in [1.807, 2.05) is 19.0 Å². The minimum absolute atomic E-state index is 0.0995. The molecule has 0 saturated carbocycles. The van der Waals surface area contributed by atoms with Gasteiger partial charge in [0.05, 0.1) is 6.10 Å². The largest absolute Gasteiger partial charge is 0.393 e. The van der Waals surface area contributed by atoms with E-state index in [0.717, 1.165) is 18.4 Å². The summed E-state index contributed by atoms with van der Waals surface area (Å²) in [4.78, 5) is 15.9. The number of rotatable bonds is 5. The van der Waals surface area contributed by atoms with Crippen LogP contribution in [0, 0.1) is 11.7 Å². The average molecular weight is 337 g/mol. The number of nitrogens with zero attached hydrogens (tertiary/aromatic N) is 2. The molecule has 5 nitrogen and oxygen atoms in total. The third-order valence-electron chi connectivity index (χ3n) is 4.55. The maximum absolute atomic E-state index is 13.8. The minimum Gasteiger partial charge on any atom is -0.393 e. The van der Waals surface area contributed by atoms with Gasteiger partial charge in [0, 0.05) is 31.7 Å².